The van der Waals surface area contributed by atoms with E-state index in [1.807, 2.05) is 0 Å². The van der Waals surface area contributed by atoms with Crippen LogP contribution in [-0.4, -0.2) is 70.2 Å². The van der Waals surface area contributed by atoms with E-state index in [1.165, 1.54) is 49.9 Å². The Morgan fingerprint density at radius 3 is 0.984 bits per heavy atom. The number of nitrogens with zero attached hydrogens (tertiary/aromatic N) is 4. The summed E-state index contributed by atoms with van der Waals surface area (Å²) < 4.78 is 12.4. The molecule has 12 nitrogen and oxygen atoms in total. The molecule has 0 radical (unpaired) electrons. The Kier molecular flexibility index (Phi) is 30.2. The zero-order chi connectivity index (χ0) is 45.2. The number of nitro groups is 2. The maximum Gasteiger partial charge on any atom is 0.419 e. The quantitative estimate of drug-likeness (QED) is 0.0160. The summed E-state index contributed by atoms with van der Waals surface area (Å²) >= 11 is 0. The van der Waals surface area contributed by atoms with Gasteiger partial charge in [-0.25, -0.2) is 9.59 Å². The first-order valence-electron chi connectivity index (χ1n) is 24.5. The van der Waals surface area contributed by atoms with Crippen molar-refractivity contribution >= 4 is 23.3 Å². The highest BCUT2D eigenvalue weighted by Gasteiger charge is 2.31. The molecule has 2 aromatic rings. The fourth-order valence-electron chi connectivity index (χ4n) is 7.98. The number of rotatable bonds is 38. The summed E-state index contributed by atoms with van der Waals surface area (Å²) in [4.78, 5) is 54.1. The molecule has 62 heavy (non-hydrogen) atoms. The number of carbonyl (C=O) groups is 2. The van der Waals surface area contributed by atoms with Crippen molar-refractivity contribution in [3.63, 3.8) is 0 Å². The van der Waals surface area contributed by atoms with Crippen LogP contribution in [0.1, 0.15) is 193 Å². The molecule has 0 bridgehead atoms. The summed E-state index contributed by atoms with van der Waals surface area (Å²) in [5, 5.41) is 22.5. The monoisotopic (exact) mass is 867 g/mol. The van der Waals surface area contributed by atoms with Gasteiger partial charge >= 0.3 is 11.9 Å². The minimum Gasteiger partial charge on any atom is -0.438 e. The molecule has 12 heteroatoms. The number of esters is 2. The van der Waals surface area contributed by atoms with Crippen molar-refractivity contribution in [1.29, 1.82) is 0 Å². The highest BCUT2D eigenvalue weighted by Crippen LogP contribution is 2.22. The normalized spacial score (nSPS) is 12.4. The van der Waals surface area contributed by atoms with Gasteiger partial charge in [-0.05, 0) is 75.3 Å². The Labute approximate surface area is 374 Å². The average molecular weight is 867 g/mol. The van der Waals surface area contributed by atoms with Crippen LogP contribution >= 0.6 is 0 Å². The van der Waals surface area contributed by atoms with Crippen LogP contribution in [0.25, 0.3) is 0 Å². The summed E-state index contributed by atoms with van der Waals surface area (Å²) in [6.45, 7) is 11.8. The van der Waals surface area contributed by atoms with Crippen molar-refractivity contribution in [1.82, 2.24) is 9.80 Å². The molecule has 0 saturated carbocycles. The van der Waals surface area contributed by atoms with E-state index < -0.39 is 34.2 Å². The van der Waals surface area contributed by atoms with Gasteiger partial charge in [-0.3, -0.25) is 30.0 Å². The van der Waals surface area contributed by atoms with Crippen molar-refractivity contribution in [2.24, 2.45) is 0 Å². The molecule has 0 fully saturated rings. The van der Waals surface area contributed by atoms with Crippen LogP contribution in [0.5, 0.6) is 0 Å². The van der Waals surface area contributed by atoms with Crippen LogP contribution < -0.4 is 0 Å². The van der Waals surface area contributed by atoms with Gasteiger partial charge in [0.05, 0.1) is 9.85 Å². The van der Waals surface area contributed by atoms with Crippen LogP contribution in [0.2, 0.25) is 0 Å². The fourth-order valence-corrected chi connectivity index (χ4v) is 7.98. The topological polar surface area (TPSA) is 145 Å². The van der Waals surface area contributed by atoms with Crippen molar-refractivity contribution in [2.75, 3.05) is 26.2 Å². The SMILES string of the molecule is CCCCCCCN(CCCCCCC)C(CCCc1ccc([N+](=O)[O-])cc1)OC(=O)C(=O)OC(CCCc1ccc([N+](=O)[O-])cc1)N(CCCCCCC)CCCCCCC. The number of nitro benzene ring substituents is 2. The van der Waals surface area contributed by atoms with Gasteiger partial charge in [-0.2, -0.15) is 0 Å². The summed E-state index contributed by atoms with van der Waals surface area (Å²) in [6.07, 6.45) is 24.6. The van der Waals surface area contributed by atoms with E-state index in [9.17, 15) is 29.8 Å². The predicted octanol–water partition coefficient (Wildman–Crippen LogP) is 13.1. The van der Waals surface area contributed by atoms with E-state index in [0.29, 0.717) is 38.5 Å². The van der Waals surface area contributed by atoms with E-state index in [0.717, 1.165) is 140 Å². The van der Waals surface area contributed by atoms with E-state index >= 15 is 0 Å². The summed E-state index contributed by atoms with van der Waals surface area (Å²) in [7, 11) is 0. The first-order chi connectivity index (χ1) is 30.1. The lowest BCUT2D eigenvalue weighted by Crippen LogP contribution is -2.44. The Hall–Kier alpha value is -3.90. The molecule has 0 aliphatic heterocycles. The first-order valence-corrected chi connectivity index (χ1v) is 24.5. The van der Waals surface area contributed by atoms with Crippen LogP contribution in [0.4, 0.5) is 11.4 Å². The van der Waals surface area contributed by atoms with E-state index in [-0.39, 0.29) is 11.4 Å². The molecular formula is C50H82N4O8. The molecule has 2 atom stereocenters. The zero-order valence-corrected chi connectivity index (χ0v) is 39.0. The standard InChI is InChI=1S/C50H82N4O8/c1-5-9-13-17-21-39-51(40-22-18-14-10-6-2)47(29-25-27-43-31-35-45(36-32-43)53(57)58)61-49(55)50(56)62-48(30-26-28-44-33-37-46(38-34-44)54(59)60)52(41-23-19-15-11-7-3)42-24-20-16-12-8-4/h31-38,47-48H,5-30,39-42H2,1-4H3. The molecular weight excluding hydrogens is 785 g/mol. The van der Waals surface area contributed by atoms with Gasteiger partial charge in [0.15, 0.2) is 12.5 Å². The minimum absolute atomic E-state index is 0.0487. The number of unbranched alkanes of at least 4 members (excludes halogenated alkanes) is 16. The van der Waals surface area contributed by atoms with Crippen LogP contribution in [0, 0.1) is 20.2 Å². The van der Waals surface area contributed by atoms with Gasteiger partial charge in [0.25, 0.3) is 11.4 Å². The summed E-state index contributed by atoms with van der Waals surface area (Å²) in [5.74, 6) is -1.95. The molecule has 0 aliphatic rings. The number of ether oxygens (including phenoxy) is 2. The van der Waals surface area contributed by atoms with Gasteiger partial charge in [-0.1, -0.05) is 155 Å². The predicted molar refractivity (Wildman–Crippen MR) is 250 cm³/mol. The van der Waals surface area contributed by atoms with Gasteiger partial charge in [0, 0.05) is 50.4 Å². The van der Waals surface area contributed by atoms with Crippen LogP contribution in [0.15, 0.2) is 48.5 Å². The maximum absolute atomic E-state index is 14.0. The van der Waals surface area contributed by atoms with Gasteiger partial charge < -0.3 is 9.47 Å². The fraction of sp³-hybridized carbons (Fsp3) is 0.720. The van der Waals surface area contributed by atoms with Gasteiger partial charge in [0.1, 0.15) is 0 Å². The second-order valence-corrected chi connectivity index (χ2v) is 17.1. The second-order valence-electron chi connectivity index (χ2n) is 17.1. The third-order valence-electron chi connectivity index (χ3n) is 11.8. The van der Waals surface area contributed by atoms with Crippen molar-refractivity contribution in [2.45, 2.75) is 207 Å². The summed E-state index contributed by atoms with van der Waals surface area (Å²) in [6, 6.07) is 13.2. The molecule has 0 heterocycles. The van der Waals surface area contributed by atoms with E-state index in [2.05, 4.69) is 37.5 Å². The Morgan fingerprint density at radius 2 is 0.726 bits per heavy atom. The Morgan fingerprint density at radius 1 is 0.452 bits per heavy atom. The number of hydrogen-bond acceptors (Lipinski definition) is 10. The number of aryl methyl sites for hydroxylation is 2. The molecule has 350 valence electrons. The van der Waals surface area contributed by atoms with Crippen molar-refractivity contribution in [3.8, 4) is 0 Å². The number of hydrogen-bond donors (Lipinski definition) is 0. The Balaban J connectivity index is 2.34. The highest BCUT2D eigenvalue weighted by atomic mass is 16.6. The molecule has 0 aliphatic carbocycles. The third kappa shape index (κ3) is 24.1. The van der Waals surface area contributed by atoms with E-state index in [4.69, 9.17) is 9.47 Å². The molecule has 2 rings (SSSR count). The molecule has 0 spiro atoms. The molecule has 2 aromatic carbocycles. The zero-order valence-electron chi connectivity index (χ0n) is 39.0. The van der Waals surface area contributed by atoms with Crippen LogP contribution in [-0.2, 0) is 31.9 Å². The van der Waals surface area contributed by atoms with E-state index in [1.54, 1.807) is 24.3 Å². The lowest BCUT2D eigenvalue weighted by molar-refractivity contribution is -0.385. The molecule has 0 amide bonds. The minimum atomic E-state index is -0.974. The Bertz CT molecular complexity index is 1350. The van der Waals surface area contributed by atoms with Gasteiger partial charge in [0.2, 0.25) is 0 Å². The molecule has 0 aromatic heterocycles. The lowest BCUT2D eigenvalue weighted by Gasteiger charge is -2.33. The molecule has 0 N–H and O–H groups in total. The van der Waals surface area contributed by atoms with Crippen molar-refractivity contribution in [3.05, 3.63) is 79.9 Å². The smallest absolute Gasteiger partial charge is 0.419 e. The average Bonchev–Trinajstić information content (AvgIpc) is 3.27. The van der Waals surface area contributed by atoms with Gasteiger partial charge in [-0.15, -0.1) is 0 Å². The first kappa shape index (κ1) is 54.2. The lowest BCUT2D eigenvalue weighted by atomic mass is 10.1. The number of benzene rings is 2. The van der Waals surface area contributed by atoms with Crippen molar-refractivity contribution < 1.29 is 28.9 Å². The summed E-state index contributed by atoms with van der Waals surface area (Å²) in [5.41, 5.74) is 2.03. The second kappa shape index (κ2) is 34.6. The number of carbonyl (C=O) groups excluding carboxylic acids is 2. The third-order valence-corrected chi connectivity index (χ3v) is 11.8. The molecule has 0 saturated heterocycles. The van der Waals surface area contributed by atoms with Crippen LogP contribution in [0.3, 0.4) is 0 Å². The maximum atomic E-state index is 14.0. The number of non-ortho nitro benzene ring substituents is 2. The largest absolute Gasteiger partial charge is 0.438 e. The highest BCUT2D eigenvalue weighted by molar-refractivity contribution is 6.29. The molecule has 2 unspecified atom stereocenters.